The van der Waals surface area contributed by atoms with Gasteiger partial charge in [-0.25, -0.2) is 0 Å². The summed E-state index contributed by atoms with van der Waals surface area (Å²) in [6.07, 6.45) is 6.37. The number of benzene rings is 1. The van der Waals surface area contributed by atoms with E-state index >= 15 is 0 Å². The van der Waals surface area contributed by atoms with Crippen LogP contribution in [0.5, 0.6) is 5.75 Å². The molecule has 1 aromatic carbocycles. The Balaban J connectivity index is 2.24. The van der Waals surface area contributed by atoms with Gasteiger partial charge in [0.2, 0.25) is 5.24 Å². The number of hydrogen-bond acceptors (Lipinski definition) is 3. The Bertz CT molecular complexity index is 463. The molecule has 20 heavy (non-hydrogen) atoms. The molecular weight excluding hydrogens is 276 g/mol. The first-order valence-electron chi connectivity index (χ1n) is 6.68. The molecule has 0 saturated carbocycles. The van der Waals surface area contributed by atoms with Crippen molar-refractivity contribution in [1.82, 2.24) is 0 Å². The number of halogens is 1. The molecule has 0 amide bonds. The third kappa shape index (κ3) is 7.74. The largest absolute Gasteiger partial charge is 0.494 e. The average Bonchev–Trinajstić information content (AvgIpc) is 2.41. The van der Waals surface area contributed by atoms with Gasteiger partial charge in [-0.05, 0) is 61.6 Å². The summed E-state index contributed by atoms with van der Waals surface area (Å²) in [4.78, 5) is 21.3. The van der Waals surface area contributed by atoms with Gasteiger partial charge in [0.1, 0.15) is 5.75 Å². The highest BCUT2D eigenvalue weighted by Crippen LogP contribution is 2.14. The van der Waals surface area contributed by atoms with E-state index in [0.717, 1.165) is 30.6 Å². The number of allylic oxidation sites excluding steroid dienone is 1. The molecule has 0 heterocycles. The Morgan fingerprint density at radius 1 is 1.15 bits per heavy atom. The Morgan fingerprint density at radius 3 is 2.45 bits per heavy atom. The molecule has 0 aliphatic heterocycles. The predicted molar refractivity (Wildman–Crippen MR) is 81.0 cm³/mol. The Kier molecular flexibility index (Phi) is 7.66. The van der Waals surface area contributed by atoms with E-state index in [1.807, 2.05) is 24.3 Å². The van der Waals surface area contributed by atoms with Gasteiger partial charge < -0.3 is 4.74 Å². The molecule has 0 aromatic heterocycles. The number of unbranched alkanes of at least 4 members (excludes halogenated alkanes) is 2. The summed E-state index contributed by atoms with van der Waals surface area (Å²) in [6.45, 7) is 2.14. The molecule has 0 aliphatic carbocycles. The number of carbonyl (C=O) groups excluding carboxylic acids is 2. The summed E-state index contributed by atoms with van der Waals surface area (Å²) in [5, 5.41) is -0.278. The van der Waals surface area contributed by atoms with Crippen molar-refractivity contribution in [3.8, 4) is 5.75 Å². The lowest BCUT2D eigenvalue weighted by Crippen LogP contribution is -1.97. The quantitative estimate of drug-likeness (QED) is 0.393. The van der Waals surface area contributed by atoms with Crippen LogP contribution in [0, 0.1) is 0 Å². The van der Waals surface area contributed by atoms with E-state index in [9.17, 15) is 9.59 Å². The molecule has 3 nitrogen and oxygen atoms in total. The first-order valence-corrected chi connectivity index (χ1v) is 7.05. The lowest BCUT2D eigenvalue weighted by atomic mass is 10.2. The maximum Gasteiger partial charge on any atom is 0.221 e. The van der Waals surface area contributed by atoms with Gasteiger partial charge in [-0.3, -0.25) is 9.59 Å². The molecule has 1 aromatic rings. The summed E-state index contributed by atoms with van der Waals surface area (Å²) in [7, 11) is 0. The van der Waals surface area contributed by atoms with Crippen molar-refractivity contribution >= 4 is 28.7 Å². The highest BCUT2D eigenvalue weighted by atomic mass is 35.5. The Labute approximate surface area is 124 Å². The minimum atomic E-state index is -0.278. The van der Waals surface area contributed by atoms with Crippen molar-refractivity contribution < 1.29 is 14.3 Å². The summed E-state index contributed by atoms with van der Waals surface area (Å²) < 4.78 is 5.58. The lowest BCUT2D eigenvalue weighted by molar-refractivity contribution is -0.113. The topological polar surface area (TPSA) is 43.4 Å². The second-order valence-corrected chi connectivity index (χ2v) is 4.95. The molecule has 0 spiro atoms. The first-order chi connectivity index (χ1) is 9.58. The number of ketones is 1. The van der Waals surface area contributed by atoms with E-state index in [0.29, 0.717) is 13.0 Å². The van der Waals surface area contributed by atoms with Crippen molar-refractivity contribution in [3.63, 3.8) is 0 Å². The summed E-state index contributed by atoms with van der Waals surface area (Å²) in [5.41, 5.74) is 0.966. The van der Waals surface area contributed by atoms with E-state index in [2.05, 4.69) is 0 Å². The van der Waals surface area contributed by atoms with Crippen LogP contribution in [0.4, 0.5) is 0 Å². The summed E-state index contributed by atoms with van der Waals surface area (Å²) >= 11 is 5.25. The maximum absolute atomic E-state index is 10.8. The maximum atomic E-state index is 10.8. The van der Waals surface area contributed by atoms with Gasteiger partial charge in [0.25, 0.3) is 0 Å². The second-order valence-electron chi connectivity index (χ2n) is 4.53. The van der Waals surface area contributed by atoms with Gasteiger partial charge in [-0.15, -0.1) is 0 Å². The average molecular weight is 295 g/mol. The highest BCUT2D eigenvalue weighted by molar-refractivity contribution is 6.63. The van der Waals surface area contributed by atoms with Gasteiger partial charge in [-0.2, -0.15) is 0 Å². The van der Waals surface area contributed by atoms with Crippen LogP contribution < -0.4 is 4.74 Å². The van der Waals surface area contributed by atoms with Crippen molar-refractivity contribution in [1.29, 1.82) is 0 Å². The van der Waals surface area contributed by atoms with Crippen LogP contribution in [0.25, 0.3) is 6.08 Å². The van der Waals surface area contributed by atoms with Gasteiger partial charge in [0.05, 0.1) is 6.61 Å². The smallest absolute Gasteiger partial charge is 0.221 e. The van der Waals surface area contributed by atoms with Crippen molar-refractivity contribution in [2.75, 3.05) is 6.61 Å². The third-order valence-corrected chi connectivity index (χ3v) is 2.87. The molecule has 0 radical (unpaired) electrons. The van der Waals surface area contributed by atoms with E-state index in [1.54, 1.807) is 6.08 Å². The Morgan fingerprint density at radius 2 is 1.85 bits per heavy atom. The van der Waals surface area contributed by atoms with Crippen LogP contribution in [-0.4, -0.2) is 17.6 Å². The van der Waals surface area contributed by atoms with Crippen LogP contribution >= 0.6 is 11.6 Å². The fourth-order valence-corrected chi connectivity index (χ4v) is 1.76. The zero-order valence-electron chi connectivity index (χ0n) is 11.6. The van der Waals surface area contributed by atoms with E-state index < -0.39 is 0 Å². The summed E-state index contributed by atoms with van der Waals surface area (Å²) in [5.74, 6) is 0.833. The second kappa shape index (κ2) is 9.32. The highest BCUT2D eigenvalue weighted by Gasteiger charge is 1.97. The molecule has 108 valence electrons. The zero-order chi connectivity index (χ0) is 14.8. The minimum absolute atomic E-state index is 0.0285. The number of ether oxygens (including phenoxy) is 1. The van der Waals surface area contributed by atoms with Crippen molar-refractivity contribution in [2.45, 2.75) is 32.6 Å². The zero-order valence-corrected chi connectivity index (χ0v) is 12.4. The monoisotopic (exact) mass is 294 g/mol. The van der Waals surface area contributed by atoms with Crippen LogP contribution in [0.3, 0.4) is 0 Å². The lowest BCUT2D eigenvalue weighted by Gasteiger charge is -2.06. The van der Waals surface area contributed by atoms with E-state index in [-0.39, 0.29) is 11.0 Å². The molecule has 0 aliphatic rings. The van der Waals surface area contributed by atoms with Gasteiger partial charge in [0.15, 0.2) is 5.78 Å². The number of rotatable bonds is 9. The number of hydrogen-bond donors (Lipinski definition) is 0. The van der Waals surface area contributed by atoms with Gasteiger partial charge >= 0.3 is 0 Å². The molecule has 0 fully saturated rings. The third-order valence-electron chi connectivity index (χ3n) is 2.68. The van der Waals surface area contributed by atoms with Gasteiger partial charge in [-0.1, -0.05) is 18.2 Å². The Hall–Kier alpha value is -1.61. The molecule has 0 unspecified atom stereocenters. The SMILES string of the molecule is CC(=O)/C=C/c1ccc(OCCCCCC(=O)Cl)cc1. The van der Waals surface area contributed by atoms with Crippen LogP contribution in [0.1, 0.15) is 38.2 Å². The minimum Gasteiger partial charge on any atom is -0.494 e. The first kappa shape index (κ1) is 16.4. The molecular formula is C16H19ClO3. The molecule has 4 heteroatoms. The molecule has 0 atom stereocenters. The molecule has 0 bridgehead atoms. The standard InChI is InChI=1S/C16H19ClO3/c1-13(18)6-7-14-8-10-15(11-9-14)20-12-4-2-3-5-16(17)19/h6-11H,2-5,12H2,1H3/b7-6+. The van der Waals surface area contributed by atoms with Crippen LogP contribution in [-0.2, 0) is 9.59 Å². The van der Waals surface area contributed by atoms with Crippen LogP contribution in [0.2, 0.25) is 0 Å². The fraction of sp³-hybridized carbons (Fsp3) is 0.375. The predicted octanol–water partition coefficient (Wildman–Crippen LogP) is 3.99. The molecule has 0 saturated heterocycles. The van der Waals surface area contributed by atoms with Crippen molar-refractivity contribution in [3.05, 3.63) is 35.9 Å². The van der Waals surface area contributed by atoms with Crippen LogP contribution in [0.15, 0.2) is 30.3 Å². The summed E-state index contributed by atoms with van der Waals surface area (Å²) in [6, 6.07) is 7.56. The van der Waals surface area contributed by atoms with Crippen molar-refractivity contribution in [2.24, 2.45) is 0 Å². The van der Waals surface area contributed by atoms with Gasteiger partial charge in [0, 0.05) is 6.42 Å². The molecule has 1 rings (SSSR count). The number of carbonyl (C=O) groups is 2. The molecule has 0 N–H and O–H groups in total. The normalized spacial score (nSPS) is 10.7. The van der Waals surface area contributed by atoms with E-state index in [1.165, 1.54) is 13.0 Å². The fourth-order valence-electron chi connectivity index (χ4n) is 1.62. The van der Waals surface area contributed by atoms with E-state index in [4.69, 9.17) is 16.3 Å².